The van der Waals surface area contributed by atoms with Crippen LogP contribution >= 0.6 is 45.5 Å². The van der Waals surface area contributed by atoms with Crippen molar-refractivity contribution in [2.45, 2.75) is 19.3 Å². The molecule has 0 saturated carbocycles. The van der Waals surface area contributed by atoms with Gasteiger partial charge in [-0.1, -0.05) is 23.7 Å². The molecule has 0 aliphatic rings. The first-order chi connectivity index (χ1) is 11.1. The average Bonchev–Trinajstić information content (AvgIpc) is 2.93. The number of thiazole rings is 1. The molecule has 1 heterocycles. The maximum Gasteiger partial charge on any atom is 0.224 e. The molecule has 0 radical (unpaired) electrons. The highest BCUT2D eigenvalue weighted by molar-refractivity contribution is 14.1. The number of carbonyl (C=O) groups excluding carboxylic acids is 1. The number of aryl methyl sites for hydroxylation is 1. The van der Waals surface area contributed by atoms with E-state index in [2.05, 4.69) is 39.0 Å². The van der Waals surface area contributed by atoms with Crippen LogP contribution in [0, 0.1) is 3.57 Å². The van der Waals surface area contributed by atoms with Crippen molar-refractivity contribution in [1.29, 1.82) is 0 Å². The Morgan fingerprint density at radius 1 is 1.26 bits per heavy atom. The standard InChI is InChI=1S/C17H14ClIN2OS/c18-12-10-11(19)8-9-13(12)20-16(22)6-3-7-17-21-14-4-1-2-5-15(14)23-17/h1-2,4-5,8-10H,3,6-7H2,(H,20,22). The molecule has 1 amide bonds. The van der Waals surface area contributed by atoms with E-state index < -0.39 is 0 Å². The zero-order chi connectivity index (χ0) is 16.2. The van der Waals surface area contributed by atoms with Gasteiger partial charge in [0.05, 0.1) is 25.9 Å². The number of nitrogens with zero attached hydrogens (tertiary/aromatic N) is 1. The number of hydrogen-bond acceptors (Lipinski definition) is 3. The van der Waals surface area contributed by atoms with Crippen LogP contribution in [0.5, 0.6) is 0 Å². The topological polar surface area (TPSA) is 42.0 Å². The first-order valence-electron chi connectivity index (χ1n) is 7.21. The lowest BCUT2D eigenvalue weighted by Gasteiger charge is -2.07. The third-order valence-corrected chi connectivity index (χ3v) is 5.42. The zero-order valence-electron chi connectivity index (χ0n) is 12.2. The minimum atomic E-state index is -0.0192. The van der Waals surface area contributed by atoms with Crippen LogP contribution in [0.1, 0.15) is 17.8 Å². The highest BCUT2D eigenvalue weighted by atomic mass is 127. The van der Waals surface area contributed by atoms with Crippen LogP contribution in [0.25, 0.3) is 10.2 Å². The van der Waals surface area contributed by atoms with Gasteiger partial charge in [0.15, 0.2) is 0 Å². The van der Waals surface area contributed by atoms with Crippen LogP contribution in [0.3, 0.4) is 0 Å². The molecule has 0 aliphatic carbocycles. The summed E-state index contributed by atoms with van der Waals surface area (Å²) in [6.07, 6.45) is 2.04. The van der Waals surface area contributed by atoms with Crippen molar-refractivity contribution in [2.75, 3.05) is 5.32 Å². The van der Waals surface area contributed by atoms with Gasteiger partial charge in [0.25, 0.3) is 0 Å². The molecule has 118 valence electrons. The first kappa shape index (κ1) is 16.7. The number of aromatic nitrogens is 1. The zero-order valence-corrected chi connectivity index (χ0v) is 15.9. The molecule has 0 bridgehead atoms. The van der Waals surface area contributed by atoms with E-state index in [1.807, 2.05) is 36.4 Å². The lowest BCUT2D eigenvalue weighted by Crippen LogP contribution is -2.11. The van der Waals surface area contributed by atoms with E-state index >= 15 is 0 Å². The fraction of sp³-hybridized carbons (Fsp3) is 0.176. The third kappa shape index (κ3) is 4.43. The Kier molecular flexibility index (Phi) is 5.50. The van der Waals surface area contributed by atoms with E-state index in [1.54, 1.807) is 11.3 Å². The van der Waals surface area contributed by atoms with Crippen molar-refractivity contribution < 1.29 is 4.79 Å². The summed E-state index contributed by atoms with van der Waals surface area (Å²) in [6, 6.07) is 13.7. The number of nitrogens with one attached hydrogen (secondary N) is 1. The first-order valence-corrected chi connectivity index (χ1v) is 9.48. The summed E-state index contributed by atoms with van der Waals surface area (Å²) in [4.78, 5) is 16.6. The Morgan fingerprint density at radius 3 is 2.87 bits per heavy atom. The summed E-state index contributed by atoms with van der Waals surface area (Å²) in [5.74, 6) is -0.0192. The molecule has 0 saturated heterocycles. The number of anilines is 1. The minimum absolute atomic E-state index is 0.0192. The highest BCUT2D eigenvalue weighted by Crippen LogP contribution is 2.25. The number of fused-ring (bicyclic) bond motifs is 1. The number of rotatable bonds is 5. The van der Waals surface area contributed by atoms with Gasteiger partial charge in [-0.3, -0.25) is 4.79 Å². The predicted molar refractivity (Wildman–Crippen MR) is 105 cm³/mol. The van der Waals surface area contributed by atoms with E-state index in [0.717, 1.165) is 26.9 Å². The summed E-state index contributed by atoms with van der Waals surface area (Å²) in [6.45, 7) is 0. The maximum atomic E-state index is 12.0. The van der Waals surface area contributed by atoms with Crippen molar-refractivity contribution in [1.82, 2.24) is 4.98 Å². The molecule has 0 atom stereocenters. The molecule has 1 aromatic heterocycles. The predicted octanol–water partition coefficient (Wildman–Crippen LogP) is 5.52. The molecule has 23 heavy (non-hydrogen) atoms. The molecule has 3 rings (SSSR count). The van der Waals surface area contributed by atoms with Crippen LogP contribution in [0.4, 0.5) is 5.69 Å². The second-order valence-electron chi connectivity index (χ2n) is 5.10. The minimum Gasteiger partial charge on any atom is -0.325 e. The van der Waals surface area contributed by atoms with Crippen LogP contribution in [-0.4, -0.2) is 10.9 Å². The van der Waals surface area contributed by atoms with Crippen LogP contribution in [0.15, 0.2) is 42.5 Å². The molecule has 2 aromatic carbocycles. The lowest BCUT2D eigenvalue weighted by atomic mass is 10.2. The molecule has 0 fully saturated rings. The average molecular weight is 457 g/mol. The van der Waals surface area contributed by atoms with Gasteiger partial charge in [-0.15, -0.1) is 11.3 Å². The van der Waals surface area contributed by atoms with Gasteiger partial charge >= 0.3 is 0 Å². The SMILES string of the molecule is O=C(CCCc1nc2ccccc2s1)Nc1ccc(I)cc1Cl. The molecule has 6 heteroatoms. The van der Waals surface area contributed by atoms with Gasteiger partial charge in [-0.05, 0) is 65.8 Å². The second-order valence-corrected chi connectivity index (χ2v) is 7.87. The normalized spacial score (nSPS) is 10.9. The summed E-state index contributed by atoms with van der Waals surface area (Å²) >= 11 is 10.0. The molecule has 3 aromatic rings. The fourth-order valence-corrected chi connectivity index (χ4v) is 4.14. The van der Waals surface area contributed by atoms with E-state index in [9.17, 15) is 4.79 Å². The van der Waals surface area contributed by atoms with Crippen molar-refractivity contribution in [3.63, 3.8) is 0 Å². The molecular formula is C17H14ClIN2OS. The Bertz CT molecular complexity index is 816. The summed E-state index contributed by atoms with van der Waals surface area (Å²) in [7, 11) is 0. The van der Waals surface area contributed by atoms with E-state index in [1.165, 1.54) is 4.70 Å². The van der Waals surface area contributed by atoms with Crippen molar-refractivity contribution >= 4 is 67.3 Å². The van der Waals surface area contributed by atoms with E-state index in [0.29, 0.717) is 17.1 Å². The number of carbonyl (C=O) groups is 1. The van der Waals surface area contributed by atoms with Gasteiger partial charge < -0.3 is 5.32 Å². The smallest absolute Gasteiger partial charge is 0.224 e. The van der Waals surface area contributed by atoms with E-state index in [-0.39, 0.29) is 5.91 Å². The maximum absolute atomic E-state index is 12.0. The monoisotopic (exact) mass is 456 g/mol. The second kappa shape index (κ2) is 7.59. The number of benzene rings is 2. The Hall–Kier alpha value is -1.18. The fourth-order valence-electron chi connectivity index (χ4n) is 2.23. The van der Waals surface area contributed by atoms with Crippen LogP contribution in [0.2, 0.25) is 5.02 Å². The number of hydrogen-bond donors (Lipinski definition) is 1. The molecular weight excluding hydrogens is 443 g/mol. The van der Waals surface area contributed by atoms with Crippen molar-refractivity contribution in [2.24, 2.45) is 0 Å². The Labute approximate surface area is 157 Å². The molecule has 3 nitrogen and oxygen atoms in total. The molecule has 1 N–H and O–H groups in total. The van der Waals surface area contributed by atoms with Gasteiger partial charge in [0.2, 0.25) is 5.91 Å². The molecule has 0 spiro atoms. The molecule has 0 unspecified atom stereocenters. The van der Waals surface area contributed by atoms with Gasteiger partial charge in [-0.25, -0.2) is 4.98 Å². The summed E-state index contributed by atoms with van der Waals surface area (Å²) < 4.78 is 2.24. The quantitative estimate of drug-likeness (QED) is 0.514. The lowest BCUT2D eigenvalue weighted by molar-refractivity contribution is -0.116. The number of para-hydroxylation sites is 1. The Balaban J connectivity index is 1.52. The van der Waals surface area contributed by atoms with Crippen molar-refractivity contribution in [3.05, 3.63) is 56.1 Å². The molecule has 0 aliphatic heterocycles. The number of amides is 1. The van der Waals surface area contributed by atoms with Gasteiger partial charge in [0, 0.05) is 9.99 Å². The summed E-state index contributed by atoms with van der Waals surface area (Å²) in [5, 5.41) is 4.50. The Morgan fingerprint density at radius 2 is 2.09 bits per heavy atom. The highest BCUT2D eigenvalue weighted by Gasteiger charge is 2.08. The number of halogens is 2. The van der Waals surface area contributed by atoms with Gasteiger partial charge in [-0.2, -0.15) is 0 Å². The largest absolute Gasteiger partial charge is 0.325 e. The van der Waals surface area contributed by atoms with Crippen LogP contribution < -0.4 is 5.32 Å². The van der Waals surface area contributed by atoms with E-state index in [4.69, 9.17) is 11.6 Å². The summed E-state index contributed by atoms with van der Waals surface area (Å²) in [5.41, 5.74) is 1.69. The van der Waals surface area contributed by atoms with Crippen LogP contribution in [-0.2, 0) is 11.2 Å². The van der Waals surface area contributed by atoms with Crippen molar-refractivity contribution in [3.8, 4) is 0 Å². The third-order valence-electron chi connectivity index (χ3n) is 3.34. The van der Waals surface area contributed by atoms with Gasteiger partial charge in [0.1, 0.15) is 0 Å².